The van der Waals surface area contributed by atoms with Gasteiger partial charge in [-0.2, -0.15) is 10.3 Å². The first-order valence-electron chi connectivity index (χ1n) is 3.72. The summed E-state index contributed by atoms with van der Waals surface area (Å²) >= 11 is 1.60. The maximum Gasteiger partial charge on any atom is 0.236 e. The van der Waals surface area contributed by atoms with Crippen LogP contribution in [0, 0.1) is 25.2 Å². The van der Waals surface area contributed by atoms with Crippen LogP contribution in [0.2, 0.25) is 0 Å². The van der Waals surface area contributed by atoms with Crippen LogP contribution in [0.1, 0.15) is 21.4 Å². The molecule has 0 aromatic carbocycles. The second kappa shape index (κ2) is 3.99. The predicted molar refractivity (Wildman–Crippen MR) is 50.3 cm³/mol. The second-order valence-electron chi connectivity index (χ2n) is 2.62. The van der Waals surface area contributed by atoms with Gasteiger partial charge in [-0.25, -0.2) is 4.79 Å². The van der Waals surface area contributed by atoms with E-state index in [-0.39, 0.29) is 0 Å². The Bertz CT molecular complexity index is 396. The third kappa shape index (κ3) is 2.03. The minimum absolute atomic E-state index is 0.692. The first-order chi connectivity index (χ1) is 6.19. The standard InChI is InChI=1S/C9H8N2OS/c1-6-3-8(7(2)13-6)9(4-10)11-5-12/h3,9H,1-2H3. The maximum absolute atomic E-state index is 10.0. The molecule has 0 spiro atoms. The largest absolute Gasteiger partial charge is 0.236 e. The van der Waals surface area contributed by atoms with E-state index in [9.17, 15) is 4.79 Å². The van der Waals surface area contributed by atoms with Gasteiger partial charge < -0.3 is 0 Å². The second-order valence-corrected chi connectivity index (χ2v) is 4.08. The molecule has 0 aliphatic heterocycles. The van der Waals surface area contributed by atoms with E-state index in [2.05, 4.69) is 4.99 Å². The van der Waals surface area contributed by atoms with Gasteiger partial charge in [0, 0.05) is 15.3 Å². The Hall–Kier alpha value is -1.43. The van der Waals surface area contributed by atoms with Crippen molar-refractivity contribution in [3.8, 4) is 6.07 Å². The fourth-order valence-corrected chi connectivity index (χ4v) is 2.10. The minimum Gasteiger partial charge on any atom is -0.211 e. The fourth-order valence-electron chi connectivity index (χ4n) is 1.14. The Morgan fingerprint density at radius 3 is 2.69 bits per heavy atom. The van der Waals surface area contributed by atoms with Crippen molar-refractivity contribution in [2.75, 3.05) is 0 Å². The predicted octanol–water partition coefficient (Wildman–Crippen LogP) is 2.27. The van der Waals surface area contributed by atoms with Crippen LogP contribution in [0.25, 0.3) is 0 Å². The van der Waals surface area contributed by atoms with Gasteiger partial charge in [0.2, 0.25) is 6.08 Å². The van der Waals surface area contributed by atoms with Crippen molar-refractivity contribution in [3.05, 3.63) is 21.4 Å². The molecule has 1 aromatic heterocycles. The average Bonchev–Trinajstić information content (AvgIpc) is 2.41. The molecule has 0 radical (unpaired) electrons. The van der Waals surface area contributed by atoms with E-state index in [0.717, 1.165) is 15.3 Å². The van der Waals surface area contributed by atoms with E-state index in [0.29, 0.717) is 0 Å². The van der Waals surface area contributed by atoms with Gasteiger partial charge in [-0.15, -0.1) is 11.3 Å². The van der Waals surface area contributed by atoms with Crippen LogP contribution >= 0.6 is 11.3 Å². The molecule has 1 rings (SSSR count). The molecule has 1 atom stereocenters. The van der Waals surface area contributed by atoms with Crippen LogP contribution in [-0.2, 0) is 4.79 Å². The number of nitrogens with zero attached hydrogens (tertiary/aromatic N) is 2. The van der Waals surface area contributed by atoms with E-state index >= 15 is 0 Å². The Labute approximate surface area is 80.3 Å². The molecule has 0 saturated carbocycles. The molecule has 0 aliphatic carbocycles. The number of hydrogen-bond donors (Lipinski definition) is 0. The smallest absolute Gasteiger partial charge is 0.211 e. The first-order valence-corrected chi connectivity index (χ1v) is 4.54. The number of thiophene rings is 1. The number of aliphatic imine (C=N–C) groups is 1. The minimum atomic E-state index is -0.692. The van der Waals surface area contributed by atoms with Crippen LogP contribution in [0.3, 0.4) is 0 Å². The van der Waals surface area contributed by atoms with Gasteiger partial charge in [-0.3, -0.25) is 0 Å². The maximum atomic E-state index is 10.0. The molecular formula is C9H8N2OS. The summed E-state index contributed by atoms with van der Waals surface area (Å²) in [5.74, 6) is 0. The third-order valence-corrected chi connectivity index (χ3v) is 2.66. The van der Waals surface area contributed by atoms with Crippen molar-refractivity contribution in [1.82, 2.24) is 0 Å². The molecule has 0 N–H and O–H groups in total. The van der Waals surface area contributed by atoms with Gasteiger partial charge in [0.25, 0.3) is 0 Å². The van der Waals surface area contributed by atoms with Gasteiger partial charge in [0.15, 0.2) is 6.04 Å². The average molecular weight is 192 g/mol. The zero-order valence-electron chi connectivity index (χ0n) is 7.37. The molecule has 1 heterocycles. The SMILES string of the molecule is Cc1cc(C(C#N)N=C=O)c(C)s1. The zero-order chi connectivity index (χ0) is 9.84. The Balaban J connectivity index is 3.12. The van der Waals surface area contributed by atoms with Crippen molar-refractivity contribution in [3.63, 3.8) is 0 Å². The fraction of sp³-hybridized carbons (Fsp3) is 0.333. The van der Waals surface area contributed by atoms with Crippen LogP contribution in [-0.4, -0.2) is 6.08 Å². The molecule has 0 aliphatic rings. The van der Waals surface area contributed by atoms with Crippen molar-refractivity contribution in [1.29, 1.82) is 5.26 Å². The number of aryl methyl sites for hydroxylation is 2. The quantitative estimate of drug-likeness (QED) is 0.533. The molecular weight excluding hydrogens is 184 g/mol. The van der Waals surface area contributed by atoms with Crippen LogP contribution in [0.5, 0.6) is 0 Å². The van der Waals surface area contributed by atoms with Crippen molar-refractivity contribution < 1.29 is 4.79 Å². The highest BCUT2D eigenvalue weighted by atomic mass is 32.1. The summed E-state index contributed by atoms with van der Waals surface area (Å²) in [4.78, 5) is 15.6. The van der Waals surface area contributed by atoms with Crippen molar-refractivity contribution >= 4 is 17.4 Å². The zero-order valence-corrected chi connectivity index (χ0v) is 8.18. The lowest BCUT2D eigenvalue weighted by atomic mass is 10.1. The Kier molecular flexibility index (Phi) is 2.97. The summed E-state index contributed by atoms with van der Waals surface area (Å²) in [7, 11) is 0. The Morgan fingerprint density at radius 2 is 2.31 bits per heavy atom. The lowest BCUT2D eigenvalue weighted by Gasteiger charge is -1.98. The van der Waals surface area contributed by atoms with E-state index in [1.165, 1.54) is 6.08 Å². The summed E-state index contributed by atoms with van der Waals surface area (Å²) < 4.78 is 0. The third-order valence-electron chi connectivity index (χ3n) is 1.68. The highest BCUT2D eigenvalue weighted by Crippen LogP contribution is 2.27. The summed E-state index contributed by atoms with van der Waals surface area (Å²) in [6.45, 7) is 3.87. The first kappa shape index (κ1) is 9.66. The highest BCUT2D eigenvalue weighted by Gasteiger charge is 2.13. The summed E-state index contributed by atoms with van der Waals surface area (Å²) in [6, 6.07) is 3.14. The van der Waals surface area contributed by atoms with E-state index in [1.807, 2.05) is 26.0 Å². The van der Waals surface area contributed by atoms with Crippen molar-refractivity contribution in [2.45, 2.75) is 19.9 Å². The normalized spacial score (nSPS) is 11.5. The van der Waals surface area contributed by atoms with Gasteiger partial charge in [0.05, 0.1) is 6.07 Å². The van der Waals surface area contributed by atoms with Crippen LogP contribution in [0.4, 0.5) is 0 Å². The topological polar surface area (TPSA) is 53.2 Å². The molecule has 1 unspecified atom stereocenters. The molecule has 0 amide bonds. The molecule has 0 bridgehead atoms. The van der Waals surface area contributed by atoms with Crippen molar-refractivity contribution in [2.24, 2.45) is 4.99 Å². The summed E-state index contributed by atoms with van der Waals surface area (Å²) in [5, 5.41) is 8.73. The molecule has 4 heteroatoms. The highest BCUT2D eigenvalue weighted by molar-refractivity contribution is 7.12. The van der Waals surface area contributed by atoms with Gasteiger partial charge in [-0.05, 0) is 19.9 Å². The van der Waals surface area contributed by atoms with E-state index < -0.39 is 6.04 Å². The van der Waals surface area contributed by atoms with Crippen LogP contribution < -0.4 is 0 Å². The van der Waals surface area contributed by atoms with E-state index in [1.54, 1.807) is 11.3 Å². The number of nitriles is 1. The molecule has 3 nitrogen and oxygen atoms in total. The molecule has 13 heavy (non-hydrogen) atoms. The van der Waals surface area contributed by atoms with Gasteiger partial charge in [0.1, 0.15) is 0 Å². The number of rotatable bonds is 2. The summed E-state index contributed by atoms with van der Waals surface area (Å²) in [6.07, 6.45) is 1.41. The molecule has 1 aromatic rings. The monoisotopic (exact) mass is 192 g/mol. The number of isocyanates is 1. The van der Waals surface area contributed by atoms with E-state index in [4.69, 9.17) is 5.26 Å². The lowest BCUT2D eigenvalue weighted by Crippen LogP contribution is -1.90. The molecule has 0 fully saturated rings. The number of hydrogen-bond acceptors (Lipinski definition) is 4. The van der Waals surface area contributed by atoms with Gasteiger partial charge >= 0.3 is 0 Å². The molecule has 66 valence electrons. The Morgan fingerprint density at radius 1 is 1.62 bits per heavy atom. The summed E-state index contributed by atoms with van der Waals surface area (Å²) in [5.41, 5.74) is 0.813. The number of carbonyl (C=O) groups excluding carboxylic acids is 1. The molecule has 0 saturated heterocycles. The van der Waals surface area contributed by atoms with Crippen LogP contribution in [0.15, 0.2) is 11.1 Å². The van der Waals surface area contributed by atoms with Gasteiger partial charge in [-0.1, -0.05) is 0 Å². The lowest BCUT2D eigenvalue weighted by molar-refractivity contribution is 0.561.